The topological polar surface area (TPSA) is 87.7 Å². The number of fused-ring (bicyclic) bond motifs is 1. The van der Waals surface area contributed by atoms with Crippen molar-refractivity contribution in [2.75, 3.05) is 7.11 Å². The van der Waals surface area contributed by atoms with Crippen LogP contribution in [0.5, 0.6) is 5.75 Å². The van der Waals surface area contributed by atoms with E-state index < -0.39 is 5.97 Å². The van der Waals surface area contributed by atoms with Gasteiger partial charge in [-0.1, -0.05) is 18.2 Å². The van der Waals surface area contributed by atoms with Crippen LogP contribution in [0.1, 0.15) is 31.2 Å². The van der Waals surface area contributed by atoms with Crippen LogP contribution >= 0.6 is 0 Å². The van der Waals surface area contributed by atoms with Gasteiger partial charge in [-0.3, -0.25) is 4.79 Å². The zero-order chi connectivity index (χ0) is 18.5. The van der Waals surface area contributed by atoms with Crippen LogP contribution in [-0.2, 0) is 11.3 Å². The molecule has 0 spiro atoms. The number of carboxylic acid groups (broad SMARTS) is 1. The lowest BCUT2D eigenvalue weighted by Crippen LogP contribution is -2.43. The smallest absolute Gasteiger partial charge is 0.315 e. The molecule has 1 aliphatic carbocycles. The van der Waals surface area contributed by atoms with Crippen LogP contribution in [0, 0.1) is 5.92 Å². The summed E-state index contributed by atoms with van der Waals surface area (Å²) in [6.07, 6.45) is 2.66. The lowest BCUT2D eigenvalue weighted by molar-refractivity contribution is -0.142. The van der Waals surface area contributed by atoms with E-state index in [-0.39, 0.29) is 18.0 Å². The maximum absolute atomic E-state index is 12.1. The van der Waals surface area contributed by atoms with E-state index in [0.717, 1.165) is 22.1 Å². The second kappa shape index (κ2) is 8.08. The Morgan fingerprint density at radius 3 is 2.46 bits per heavy atom. The van der Waals surface area contributed by atoms with Gasteiger partial charge in [0.05, 0.1) is 13.0 Å². The Morgan fingerprint density at radius 1 is 1.08 bits per heavy atom. The molecular formula is C20H24N2O4. The molecule has 0 unspecified atom stereocenters. The largest absolute Gasteiger partial charge is 0.497 e. The summed E-state index contributed by atoms with van der Waals surface area (Å²) < 4.78 is 5.23. The Labute approximate surface area is 152 Å². The first-order chi connectivity index (χ1) is 12.5. The monoisotopic (exact) mass is 356 g/mol. The molecule has 0 atom stereocenters. The van der Waals surface area contributed by atoms with Crippen molar-refractivity contribution in [2.24, 2.45) is 5.92 Å². The molecule has 6 nitrogen and oxygen atoms in total. The minimum atomic E-state index is -0.734. The first-order valence-corrected chi connectivity index (χ1v) is 8.89. The van der Waals surface area contributed by atoms with E-state index in [1.165, 1.54) is 0 Å². The van der Waals surface area contributed by atoms with Gasteiger partial charge in [0, 0.05) is 12.6 Å². The van der Waals surface area contributed by atoms with Crippen LogP contribution < -0.4 is 15.4 Å². The molecule has 3 rings (SSSR count). The zero-order valence-corrected chi connectivity index (χ0v) is 14.8. The third-order valence-electron chi connectivity index (χ3n) is 4.98. The van der Waals surface area contributed by atoms with Gasteiger partial charge in [0.25, 0.3) is 0 Å². The summed E-state index contributed by atoms with van der Waals surface area (Å²) in [5.41, 5.74) is 1.02. The summed E-state index contributed by atoms with van der Waals surface area (Å²) in [5.74, 6) is -0.186. The third kappa shape index (κ3) is 4.45. The molecule has 0 bridgehead atoms. The average Bonchev–Trinajstić information content (AvgIpc) is 2.66. The Hall–Kier alpha value is -2.76. The Morgan fingerprint density at radius 2 is 1.77 bits per heavy atom. The number of methoxy groups -OCH3 is 1. The number of nitrogens with one attached hydrogen (secondary N) is 2. The summed E-state index contributed by atoms with van der Waals surface area (Å²) in [6, 6.07) is 11.8. The molecule has 2 amide bonds. The summed E-state index contributed by atoms with van der Waals surface area (Å²) in [7, 11) is 1.65. The van der Waals surface area contributed by atoms with Crippen molar-refractivity contribution in [3.05, 3.63) is 42.0 Å². The zero-order valence-electron chi connectivity index (χ0n) is 14.8. The van der Waals surface area contributed by atoms with Gasteiger partial charge < -0.3 is 20.5 Å². The number of carbonyl (C=O) groups is 2. The fourth-order valence-corrected chi connectivity index (χ4v) is 3.41. The number of carboxylic acids is 1. The summed E-state index contributed by atoms with van der Waals surface area (Å²) in [4.78, 5) is 23.1. The standard InChI is InChI=1S/C20H24N2O4/c1-26-18-9-6-15-10-13(2-3-16(15)11-18)12-21-20(25)22-17-7-4-14(5-8-17)19(23)24/h2-3,6,9-11,14,17H,4-5,7-8,12H2,1H3,(H,23,24)(H2,21,22,25). The van der Waals surface area contributed by atoms with E-state index in [2.05, 4.69) is 10.6 Å². The predicted octanol–water partition coefficient (Wildman–Crippen LogP) is 3.29. The second-order valence-corrected chi connectivity index (χ2v) is 6.76. The lowest BCUT2D eigenvalue weighted by atomic mass is 9.86. The Kier molecular flexibility index (Phi) is 5.61. The molecule has 3 N–H and O–H groups in total. The molecule has 0 radical (unpaired) electrons. The van der Waals surface area contributed by atoms with Gasteiger partial charge in [0.2, 0.25) is 0 Å². The van der Waals surface area contributed by atoms with Crippen molar-refractivity contribution in [2.45, 2.75) is 38.3 Å². The number of hydrogen-bond donors (Lipinski definition) is 3. The predicted molar refractivity (Wildman–Crippen MR) is 99.3 cm³/mol. The maximum atomic E-state index is 12.1. The van der Waals surface area contributed by atoms with Gasteiger partial charge in [0.1, 0.15) is 5.75 Å². The number of aliphatic carboxylic acids is 1. The van der Waals surface area contributed by atoms with Crippen molar-refractivity contribution in [1.29, 1.82) is 0 Å². The number of hydrogen-bond acceptors (Lipinski definition) is 3. The summed E-state index contributed by atoms with van der Waals surface area (Å²) >= 11 is 0. The molecule has 26 heavy (non-hydrogen) atoms. The highest BCUT2D eigenvalue weighted by Gasteiger charge is 2.26. The number of carbonyl (C=O) groups excluding carboxylic acids is 1. The number of ether oxygens (including phenoxy) is 1. The molecular weight excluding hydrogens is 332 g/mol. The number of rotatable bonds is 5. The molecule has 0 aliphatic heterocycles. The van der Waals surface area contributed by atoms with Crippen LogP contribution in [0.15, 0.2) is 36.4 Å². The van der Waals surface area contributed by atoms with Crippen LogP contribution in [0.3, 0.4) is 0 Å². The SMILES string of the molecule is COc1ccc2cc(CNC(=O)NC3CCC(C(=O)O)CC3)ccc2c1. The normalized spacial score (nSPS) is 19.7. The molecule has 1 saturated carbocycles. The molecule has 138 valence electrons. The van der Waals surface area contributed by atoms with Gasteiger partial charge in [-0.25, -0.2) is 4.79 Å². The highest BCUT2D eigenvalue weighted by molar-refractivity contribution is 5.84. The first-order valence-electron chi connectivity index (χ1n) is 8.89. The third-order valence-corrected chi connectivity index (χ3v) is 4.98. The molecule has 2 aromatic carbocycles. The Bertz CT molecular complexity index is 797. The number of urea groups is 1. The highest BCUT2D eigenvalue weighted by Crippen LogP contribution is 2.24. The fourth-order valence-electron chi connectivity index (χ4n) is 3.41. The maximum Gasteiger partial charge on any atom is 0.315 e. The number of amides is 2. The average molecular weight is 356 g/mol. The molecule has 0 saturated heterocycles. The minimum absolute atomic E-state index is 0.0506. The van der Waals surface area contributed by atoms with Crippen molar-refractivity contribution in [3.8, 4) is 5.75 Å². The quantitative estimate of drug-likeness (QED) is 0.767. The van der Waals surface area contributed by atoms with Crippen molar-refractivity contribution in [1.82, 2.24) is 10.6 Å². The summed E-state index contributed by atoms with van der Waals surface area (Å²) in [6.45, 7) is 0.443. The van der Waals surface area contributed by atoms with Crippen molar-refractivity contribution < 1.29 is 19.4 Å². The Balaban J connectivity index is 1.50. The van der Waals surface area contributed by atoms with Gasteiger partial charge >= 0.3 is 12.0 Å². The molecule has 0 heterocycles. The van der Waals surface area contributed by atoms with E-state index in [0.29, 0.717) is 32.2 Å². The fraction of sp³-hybridized carbons (Fsp3) is 0.400. The molecule has 1 aliphatic rings. The van der Waals surface area contributed by atoms with E-state index in [1.54, 1.807) is 7.11 Å². The lowest BCUT2D eigenvalue weighted by Gasteiger charge is -2.26. The van der Waals surface area contributed by atoms with E-state index >= 15 is 0 Å². The number of benzene rings is 2. The van der Waals surface area contributed by atoms with Gasteiger partial charge in [-0.15, -0.1) is 0 Å². The van der Waals surface area contributed by atoms with E-state index in [1.807, 2.05) is 36.4 Å². The second-order valence-electron chi connectivity index (χ2n) is 6.76. The molecule has 1 fully saturated rings. The van der Waals surface area contributed by atoms with Crippen molar-refractivity contribution in [3.63, 3.8) is 0 Å². The van der Waals surface area contributed by atoms with Gasteiger partial charge in [0.15, 0.2) is 0 Å². The molecule has 6 heteroatoms. The molecule has 0 aromatic heterocycles. The van der Waals surface area contributed by atoms with Gasteiger partial charge in [-0.2, -0.15) is 0 Å². The van der Waals surface area contributed by atoms with E-state index in [4.69, 9.17) is 9.84 Å². The first kappa shape index (κ1) is 18.0. The van der Waals surface area contributed by atoms with Crippen LogP contribution in [0.4, 0.5) is 4.79 Å². The minimum Gasteiger partial charge on any atom is -0.497 e. The van der Waals surface area contributed by atoms with Crippen LogP contribution in [-0.4, -0.2) is 30.3 Å². The van der Waals surface area contributed by atoms with Gasteiger partial charge in [-0.05, 0) is 60.2 Å². The molecule has 2 aromatic rings. The summed E-state index contributed by atoms with van der Waals surface area (Å²) in [5, 5.41) is 17.0. The van der Waals surface area contributed by atoms with Crippen molar-refractivity contribution >= 4 is 22.8 Å². The van der Waals surface area contributed by atoms with E-state index in [9.17, 15) is 9.59 Å². The van der Waals surface area contributed by atoms with Crippen LogP contribution in [0.25, 0.3) is 10.8 Å². The van der Waals surface area contributed by atoms with Crippen LogP contribution in [0.2, 0.25) is 0 Å². The highest BCUT2D eigenvalue weighted by atomic mass is 16.5.